The summed E-state index contributed by atoms with van der Waals surface area (Å²) in [5, 5.41) is 0. The first-order valence-corrected chi connectivity index (χ1v) is 2.11. The summed E-state index contributed by atoms with van der Waals surface area (Å²) in [6.07, 6.45) is 1.54. The Bertz CT molecular complexity index is 83.0. The number of hydrogen-bond donors (Lipinski definition) is 0. The summed E-state index contributed by atoms with van der Waals surface area (Å²) in [6, 6.07) is 0. The fourth-order valence-corrected chi connectivity index (χ4v) is 0.176. The van der Waals surface area contributed by atoms with Crippen LogP contribution in [0.25, 0.3) is 0 Å². The van der Waals surface area contributed by atoms with E-state index in [0.29, 0.717) is 6.42 Å². The quantitative estimate of drug-likeness (QED) is 0.471. The van der Waals surface area contributed by atoms with Crippen molar-refractivity contribution < 1.29 is 9.53 Å². The molecule has 0 aromatic heterocycles. The zero-order valence-electron chi connectivity index (χ0n) is 5.12. The summed E-state index contributed by atoms with van der Waals surface area (Å²) in [7, 11) is 0. The molecule has 0 unspecified atom stereocenters. The number of carbonyl (C=O) groups is 1. The van der Waals surface area contributed by atoms with Crippen molar-refractivity contribution in [2.75, 3.05) is 0 Å². The minimum atomic E-state index is -0.241. The van der Waals surface area contributed by atoms with Crippen molar-refractivity contribution in [3.8, 4) is 0 Å². The molecule has 0 aliphatic heterocycles. The topological polar surface area (TPSA) is 26.3 Å². The van der Waals surface area contributed by atoms with Crippen LogP contribution in [-0.2, 0) is 9.53 Å². The maximum absolute atomic E-state index is 10.1. The van der Waals surface area contributed by atoms with E-state index in [-0.39, 0.29) is 30.8 Å². The molecule has 0 heterocycles. The van der Waals surface area contributed by atoms with Gasteiger partial charge in [0.15, 0.2) is 0 Å². The van der Waals surface area contributed by atoms with Crippen molar-refractivity contribution in [2.24, 2.45) is 0 Å². The van der Waals surface area contributed by atoms with Crippen LogP contribution in [0.15, 0.2) is 12.8 Å². The Morgan fingerprint density at radius 3 is 2.22 bits per heavy atom. The summed E-state index contributed by atoms with van der Waals surface area (Å²) >= 11 is 0. The van der Waals surface area contributed by atoms with Gasteiger partial charge in [0.25, 0.3) is 0 Å². The van der Waals surface area contributed by atoms with Gasteiger partial charge in [0.1, 0.15) is 0 Å². The molecular formula is C5H10Cl2O2. The molecule has 0 amide bonds. The lowest BCUT2D eigenvalue weighted by Crippen LogP contribution is -1.94. The van der Waals surface area contributed by atoms with Gasteiger partial charge >= 0.3 is 5.97 Å². The molecule has 9 heavy (non-hydrogen) atoms. The molecular weight excluding hydrogens is 163 g/mol. The van der Waals surface area contributed by atoms with Gasteiger partial charge in [-0.05, 0) is 0 Å². The van der Waals surface area contributed by atoms with E-state index in [1.54, 1.807) is 6.92 Å². The van der Waals surface area contributed by atoms with Crippen LogP contribution in [0.5, 0.6) is 0 Å². The highest BCUT2D eigenvalue weighted by Gasteiger charge is 1.89. The Morgan fingerprint density at radius 1 is 1.67 bits per heavy atom. The first-order chi connectivity index (χ1) is 3.31. The smallest absolute Gasteiger partial charge is 0.310 e. The monoisotopic (exact) mass is 172 g/mol. The maximum Gasteiger partial charge on any atom is 0.310 e. The molecule has 0 aliphatic carbocycles. The second-order valence-electron chi connectivity index (χ2n) is 1.01. The molecule has 0 bridgehead atoms. The van der Waals surface area contributed by atoms with Gasteiger partial charge in [0, 0.05) is 6.42 Å². The molecule has 0 aromatic rings. The Hall–Kier alpha value is -0.210. The number of ether oxygens (including phenoxy) is 1. The zero-order chi connectivity index (χ0) is 5.70. The predicted octanol–water partition coefficient (Wildman–Crippen LogP) is 1.93. The average Bonchev–Trinajstić information content (AvgIpc) is 1.68. The van der Waals surface area contributed by atoms with Crippen LogP contribution in [-0.4, -0.2) is 5.97 Å². The second-order valence-corrected chi connectivity index (χ2v) is 1.01. The van der Waals surface area contributed by atoms with E-state index in [2.05, 4.69) is 11.3 Å². The van der Waals surface area contributed by atoms with E-state index in [1.165, 1.54) is 0 Å². The molecule has 0 N–H and O–H groups in total. The van der Waals surface area contributed by atoms with Gasteiger partial charge in [-0.1, -0.05) is 13.5 Å². The molecule has 0 fully saturated rings. The normalized spacial score (nSPS) is 5.89. The van der Waals surface area contributed by atoms with E-state index in [9.17, 15) is 4.79 Å². The van der Waals surface area contributed by atoms with E-state index < -0.39 is 0 Å². The van der Waals surface area contributed by atoms with Crippen LogP contribution in [0.2, 0.25) is 0 Å². The highest BCUT2D eigenvalue weighted by atomic mass is 35.5. The molecule has 2 nitrogen and oxygen atoms in total. The predicted molar refractivity (Wildman–Crippen MR) is 41.1 cm³/mol. The van der Waals surface area contributed by atoms with Gasteiger partial charge in [-0.2, -0.15) is 0 Å². The van der Waals surface area contributed by atoms with Gasteiger partial charge in [-0.15, -0.1) is 24.8 Å². The minimum Gasteiger partial charge on any atom is -0.435 e. The third-order valence-electron chi connectivity index (χ3n) is 0.503. The fraction of sp³-hybridized carbons (Fsp3) is 0.400. The molecule has 0 spiro atoms. The van der Waals surface area contributed by atoms with Crippen LogP contribution >= 0.6 is 24.8 Å². The SMILES string of the molecule is C=COC(=O)CC.Cl.Cl. The Kier molecular flexibility index (Phi) is 18.9. The molecule has 0 atom stereocenters. The number of halogens is 2. The van der Waals surface area contributed by atoms with Crippen LogP contribution in [0.1, 0.15) is 13.3 Å². The minimum absolute atomic E-state index is 0. The van der Waals surface area contributed by atoms with Crippen LogP contribution < -0.4 is 0 Å². The van der Waals surface area contributed by atoms with Gasteiger partial charge in [0.2, 0.25) is 0 Å². The Balaban J connectivity index is -0.000000180. The fourth-order valence-electron chi connectivity index (χ4n) is 0.176. The summed E-state index contributed by atoms with van der Waals surface area (Å²) in [5.41, 5.74) is 0. The highest BCUT2D eigenvalue weighted by molar-refractivity contribution is 5.85. The molecule has 0 saturated carbocycles. The number of carbonyl (C=O) groups excluding carboxylic acids is 1. The third-order valence-corrected chi connectivity index (χ3v) is 0.503. The van der Waals surface area contributed by atoms with E-state index in [0.717, 1.165) is 6.26 Å². The molecule has 0 aliphatic rings. The van der Waals surface area contributed by atoms with Gasteiger partial charge in [-0.3, -0.25) is 4.79 Å². The number of hydrogen-bond acceptors (Lipinski definition) is 2. The molecule has 0 radical (unpaired) electrons. The van der Waals surface area contributed by atoms with Gasteiger partial charge in [0.05, 0.1) is 6.26 Å². The lowest BCUT2D eigenvalue weighted by atomic mass is 10.5. The van der Waals surface area contributed by atoms with Crippen molar-refractivity contribution in [1.29, 1.82) is 0 Å². The maximum atomic E-state index is 10.1. The van der Waals surface area contributed by atoms with Crippen LogP contribution in [0.3, 0.4) is 0 Å². The highest BCUT2D eigenvalue weighted by Crippen LogP contribution is 1.81. The molecule has 0 saturated heterocycles. The first kappa shape index (κ1) is 15.9. The summed E-state index contributed by atoms with van der Waals surface area (Å²) in [6.45, 7) is 4.93. The van der Waals surface area contributed by atoms with Crippen molar-refractivity contribution in [3.63, 3.8) is 0 Å². The van der Waals surface area contributed by atoms with Crippen molar-refractivity contribution in [3.05, 3.63) is 12.8 Å². The lowest BCUT2D eigenvalue weighted by molar-refractivity contribution is -0.137. The molecule has 4 heteroatoms. The van der Waals surface area contributed by atoms with Crippen LogP contribution in [0, 0.1) is 0 Å². The van der Waals surface area contributed by atoms with Gasteiger partial charge < -0.3 is 4.74 Å². The van der Waals surface area contributed by atoms with Crippen molar-refractivity contribution in [2.45, 2.75) is 13.3 Å². The summed E-state index contributed by atoms with van der Waals surface area (Å²) in [4.78, 5) is 10.1. The van der Waals surface area contributed by atoms with E-state index in [1.807, 2.05) is 0 Å². The standard InChI is InChI=1S/C5H8O2.2ClH/c1-3-5(6)7-4-2;;/h4H,2-3H2,1H3;2*1H. The van der Waals surface area contributed by atoms with Crippen LogP contribution in [0.4, 0.5) is 0 Å². The molecule has 0 rings (SSSR count). The largest absolute Gasteiger partial charge is 0.435 e. The van der Waals surface area contributed by atoms with E-state index in [4.69, 9.17) is 0 Å². The Morgan fingerprint density at radius 2 is 2.11 bits per heavy atom. The average molecular weight is 173 g/mol. The third kappa shape index (κ3) is 11.4. The molecule has 0 aromatic carbocycles. The summed E-state index contributed by atoms with van der Waals surface area (Å²) in [5.74, 6) is -0.241. The number of esters is 1. The first-order valence-electron chi connectivity index (χ1n) is 2.11. The van der Waals surface area contributed by atoms with Crippen molar-refractivity contribution >= 4 is 30.8 Å². The number of rotatable bonds is 2. The summed E-state index contributed by atoms with van der Waals surface area (Å²) < 4.78 is 4.32. The van der Waals surface area contributed by atoms with Crippen molar-refractivity contribution in [1.82, 2.24) is 0 Å². The zero-order valence-corrected chi connectivity index (χ0v) is 6.76. The Labute approximate surface area is 67.1 Å². The van der Waals surface area contributed by atoms with Gasteiger partial charge in [-0.25, -0.2) is 0 Å². The molecule has 56 valence electrons. The van der Waals surface area contributed by atoms with E-state index >= 15 is 0 Å². The second kappa shape index (κ2) is 10.7. The lowest BCUT2D eigenvalue weighted by Gasteiger charge is -1.88.